The largest absolute Gasteiger partial charge is 1.00 e. The summed E-state index contributed by atoms with van der Waals surface area (Å²) in [5.74, 6) is 0.978. The van der Waals surface area contributed by atoms with Gasteiger partial charge in [-0.25, -0.2) is 0 Å². The molecule has 0 fully saturated rings. The van der Waals surface area contributed by atoms with Crippen LogP contribution in [0.15, 0.2) is 24.3 Å². The van der Waals surface area contributed by atoms with Gasteiger partial charge in [-0.2, -0.15) is 6.42 Å². The van der Waals surface area contributed by atoms with Crippen LogP contribution in [0.25, 0.3) is 0 Å². The first kappa shape index (κ1) is 18.0. The van der Waals surface area contributed by atoms with Gasteiger partial charge in [0.05, 0.1) is 6.61 Å². The zero-order valence-electron chi connectivity index (χ0n) is 12.1. The Balaban J connectivity index is 0.00000289. The van der Waals surface area contributed by atoms with Crippen LogP contribution in [0.2, 0.25) is 0 Å². The topological polar surface area (TPSA) is 9.23 Å². The summed E-state index contributed by atoms with van der Waals surface area (Å²) in [7, 11) is 0. The third kappa shape index (κ3) is 8.18. The first-order chi connectivity index (χ1) is 8.36. The van der Waals surface area contributed by atoms with Gasteiger partial charge in [-0.1, -0.05) is 37.8 Å². The molecule has 0 N–H and O–H groups in total. The number of benzene rings is 1. The van der Waals surface area contributed by atoms with Gasteiger partial charge in [-0.05, 0) is 37.5 Å². The van der Waals surface area contributed by atoms with Gasteiger partial charge in [0, 0.05) is 0 Å². The van der Waals surface area contributed by atoms with Crippen LogP contribution in [-0.2, 0) is 6.42 Å². The van der Waals surface area contributed by atoms with Gasteiger partial charge < -0.3 is 11.7 Å². The van der Waals surface area contributed by atoms with E-state index in [0.717, 1.165) is 18.8 Å². The van der Waals surface area contributed by atoms with E-state index in [1.54, 1.807) is 0 Å². The average Bonchev–Trinajstić information content (AvgIpc) is 2.36. The molecule has 0 spiro atoms. The molecule has 1 aromatic rings. The minimum Gasteiger partial charge on any atom is -0.494 e. The van der Waals surface area contributed by atoms with Crippen LogP contribution < -0.4 is 34.3 Å². The van der Waals surface area contributed by atoms with Gasteiger partial charge in [0.1, 0.15) is 5.75 Å². The second-order valence-corrected chi connectivity index (χ2v) is 4.45. The van der Waals surface area contributed by atoms with Gasteiger partial charge in [0.2, 0.25) is 0 Å². The summed E-state index contributed by atoms with van der Waals surface area (Å²) in [6.45, 7) is 6.62. The first-order valence-electron chi connectivity index (χ1n) is 6.87. The van der Waals surface area contributed by atoms with Crippen molar-refractivity contribution in [3.8, 4) is 5.75 Å². The number of hydrogen-bond acceptors (Lipinski definition) is 1. The Morgan fingerprint density at radius 1 is 0.944 bits per heavy atom. The van der Waals surface area contributed by atoms with E-state index in [2.05, 4.69) is 31.2 Å². The smallest absolute Gasteiger partial charge is 0.494 e. The Hall–Kier alpha value is 0.0200. The summed E-state index contributed by atoms with van der Waals surface area (Å²) in [6, 6.07) is 8.51. The summed E-state index contributed by atoms with van der Waals surface area (Å²) in [6.07, 6.45) is 8.89. The standard InChI is InChI=1S/C16H25O.Na/c1-3-5-6-7-8-9-10-15-11-13-16(14-12-15)17-4-2;/h11-14H,1,3-10H2,2H3;/q-1;+1. The van der Waals surface area contributed by atoms with Gasteiger partial charge in [0.15, 0.2) is 0 Å². The molecule has 1 nitrogen and oxygen atoms in total. The van der Waals surface area contributed by atoms with Crippen molar-refractivity contribution < 1.29 is 34.3 Å². The van der Waals surface area contributed by atoms with Gasteiger partial charge >= 0.3 is 29.6 Å². The van der Waals surface area contributed by atoms with E-state index >= 15 is 0 Å². The Labute approximate surface area is 135 Å². The van der Waals surface area contributed by atoms with Crippen molar-refractivity contribution >= 4 is 0 Å². The molecule has 0 heterocycles. The Morgan fingerprint density at radius 3 is 2.17 bits per heavy atom. The van der Waals surface area contributed by atoms with Crippen molar-refractivity contribution in [3.05, 3.63) is 36.8 Å². The van der Waals surface area contributed by atoms with Crippen LogP contribution in [0, 0.1) is 6.92 Å². The third-order valence-corrected chi connectivity index (χ3v) is 2.95. The predicted octanol–water partition coefficient (Wildman–Crippen LogP) is 1.81. The van der Waals surface area contributed by atoms with E-state index in [0.29, 0.717) is 0 Å². The minimum absolute atomic E-state index is 0. The molecular weight excluding hydrogens is 231 g/mol. The molecule has 0 aliphatic heterocycles. The molecule has 0 amide bonds. The third-order valence-electron chi connectivity index (χ3n) is 2.95. The van der Waals surface area contributed by atoms with E-state index in [-0.39, 0.29) is 29.6 Å². The Bertz CT molecular complexity index is 282. The Kier molecular flexibility index (Phi) is 12.1. The molecule has 0 saturated heterocycles. The monoisotopic (exact) mass is 256 g/mol. The van der Waals surface area contributed by atoms with Crippen molar-refractivity contribution in [2.24, 2.45) is 0 Å². The Morgan fingerprint density at radius 2 is 1.56 bits per heavy atom. The maximum absolute atomic E-state index is 5.42. The van der Waals surface area contributed by atoms with Crippen molar-refractivity contribution in [1.82, 2.24) is 0 Å². The molecule has 2 heteroatoms. The number of ether oxygens (including phenoxy) is 1. The molecule has 0 atom stereocenters. The van der Waals surface area contributed by atoms with E-state index in [9.17, 15) is 0 Å². The average molecular weight is 256 g/mol. The fourth-order valence-corrected chi connectivity index (χ4v) is 1.96. The maximum Gasteiger partial charge on any atom is 1.00 e. The SMILES string of the molecule is [CH2-]CCCCCCCc1ccc(OCC)cc1.[Na+]. The zero-order chi connectivity index (χ0) is 12.3. The van der Waals surface area contributed by atoms with Crippen LogP contribution in [0.1, 0.15) is 51.0 Å². The fourth-order valence-electron chi connectivity index (χ4n) is 1.96. The summed E-state index contributed by atoms with van der Waals surface area (Å²) >= 11 is 0. The van der Waals surface area contributed by atoms with E-state index in [1.165, 1.54) is 44.1 Å². The number of hydrogen-bond donors (Lipinski definition) is 0. The minimum atomic E-state index is 0. The number of unbranched alkanes of at least 4 members (excludes halogenated alkanes) is 5. The molecule has 0 saturated carbocycles. The predicted molar refractivity (Wildman–Crippen MR) is 74.4 cm³/mol. The summed E-state index contributed by atoms with van der Waals surface area (Å²) in [5, 5.41) is 0. The molecule has 0 radical (unpaired) electrons. The molecule has 1 aromatic carbocycles. The van der Waals surface area contributed by atoms with Crippen molar-refractivity contribution in [3.63, 3.8) is 0 Å². The van der Waals surface area contributed by atoms with Gasteiger partial charge in [-0.3, -0.25) is 0 Å². The second kappa shape index (κ2) is 12.1. The van der Waals surface area contributed by atoms with Crippen molar-refractivity contribution in [1.29, 1.82) is 0 Å². The van der Waals surface area contributed by atoms with E-state index in [1.807, 2.05) is 6.92 Å². The summed E-state index contributed by atoms with van der Waals surface area (Å²) < 4.78 is 5.42. The fraction of sp³-hybridized carbons (Fsp3) is 0.562. The van der Waals surface area contributed by atoms with Crippen LogP contribution in [0.4, 0.5) is 0 Å². The normalized spacial score (nSPS) is 9.89. The van der Waals surface area contributed by atoms with Gasteiger partial charge in [-0.15, -0.1) is 0 Å². The molecular formula is C16H25NaO. The molecule has 96 valence electrons. The quantitative estimate of drug-likeness (QED) is 0.372. The van der Waals surface area contributed by atoms with E-state index < -0.39 is 0 Å². The van der Waals surface area contributed by atoms with Crippen LogP contribution in [0.5, 0.6) is 5.75 Å². The number of rotatable bonds is 9. The first-order valence-corrected chi connectivity index (χ1v) is 6.87. The molecule has 0 unspecified atom stereocenters. The van der Waals surface area contributed by atoms with Crippen LogP contribution in [-0.4, -0.2) is 6.61 Å². The van der Waals surface area contributed by atoms with Crippen molar-refractivity contribution in [2.75, 3.05) is 6.61 Å². The second-order valence-electron chi connectivity index (χ2n) is 4.45. The zero-order valence-corrected chi connectivity index (χ0v) is 14.1. The van der Waals surface area contributed by atoms with Crippen molar-refractivity contribution in [2.45, 2.75) is 51.9 Å². The molecule has 18 heavy (non-hydrogen) atoms. The molecule has 1 rings (SSSR count). The molecule has 0 bridgehead atoms. The van der Waals surface area contributed by atoms with E-state index in [4.69, 9.17) is 4.74 Å². The van der Waals surface area contributed by atoms with Crippen LogP contribution >= 0.6 is 0 Å². The molecule has 0 aromatic heterocycles. The number of aryl methyl sites for hydroxylation is 1. The van der Waals surface area contributed by atoms with Gasteiger partial charge in [0.25, 0.3) is 0 Å². The molecule has 0 aliphatic rings. The summed E-state index contributed by atoms with van der Waals surface area (Å²) in [4.78, 5) is 0. The van der Waals surface area contributed by atoms with Crippen LogP contribution in [0.3, 0.4) is 0 Å². The molecule has 0 aliphatic carbocycles. The maximum atomic E-state index is 5.42. The summed E-state index contributed by atoms with van der Waals surface area (Å²) in [5.41, 5.74) is 1.42.